The Labute approximate surface area is 159 Å². The third kappa shape index (κ3) is 8.94. The van der Waals surface area contributed by atoms with Crippen LogP contribution in [0.3, 0.4) is 0 Å². The maximum absolute atomic E-state index is 11.9. The summed E-state index contributed by atoms with van der Waals surface area (Å²) in [5.41, 5.74) is 7.22. The Morgan fingerprint density at radius 3 is 2.44 bits per heavy atom. The van der Waals surface area contributed by atoms with Gasteiger partial charge in [-0.25, -0.2) is 14.4 Å². The van der Waals surface area contributed by atoms with Gasteiger partial charge in [0.2, 0.25) is 0 Å². The van der Waals surface area contributed by atoms with Crippen LogP contribution >= 0.6 is 0 Å². The molecule has 1 atom stereocenters. The summed E-state index contributed by atoms with van der Waals surface area (Å²) in [7, 11) is 0. The number of benzene rings is 1. The number of carboxylic acids is 1. The third-order valence-corrected chi connectivity index (χ3v) is 4.07. The molecule has 0 heterocycles. The fraction of sp³-hybridized carbons (Fsp3) is 0.526. The van der Waals surface area contributed by atoms with E-state index >= 15 is 0 Å². The van der Waals surface area contributed by atoms with Crippen LogP contribution < -0.4 is 21.7 Å². The number of amides is 4. The topological polar surface area (TPSA) is 134 Å². The van der Waals surface area contributed by atoms with Crippen molar-refractivity contribution >= 4 is 18.0 Å². The van der Waals surface area contributed by atoms with E-state index in [2.05, 4.69) is 48.9 Å². The number of nitrogens with two attached hydrogens (primary N) is 1. The number of primary amides is 1. The van der Waals surface area contributed by atoms with E-state index in [-0.39, 0.29) is 17.9 Å². The zero-order valence-corrected chi connectivity index (χ0v) is 16.2. The van der Waals surface area contributed by atoms with E-state index in [1.807, 2.05) is 12.1 Å². The van der Waals surface area contributed by atoms with Crippen molar-refractivity contribution in [3.8, 4) is 0 Å². The highest BCUT2D eigenvalue weighted by Gasteiger charge is 2.18. The maximum atomic E-state index is 11.9. The van der Waals surface area contributed by atoms with Gasteiger partial charge in [0.25, 0.3) is 0 Å². The number of hydrogen-bond donors (Lipinski definition) is 5. The second kappa shape index (κ2) is 10.4. The number of carbonyl (C=O) groups is 3. The minimum atomic E-state index is -1.13. The minimum absolute atomic E-state index is 0.0510. The van der Waals surface area contributed by atoms with Gasteiger partial charge < -0.3 is 26.8 Å². The van der Waals surface area contributed by atoms with Crippen LogP contribution in [0.5, 0.6) is 0 Å². The molecule has 0 unspecified atom stereocenters. The molecular weight excluding hydrogens is 348 g/mol. The lowest BCUT2D eigenvalue weighted by atomic mass is 9.86. The fourth-order valence-corrected chi connectivity index (χ4v) is 2.50. The Kier molecular flexibility index (Phi) is 8.58. The normalized spacial score (nSPS) is 12.1. The lowest BCUT2D eigenvalue weighted by molar-refractivity contribution is -0.139. The molecule has 0 spiro atoms. The summed E-state index contributed by atoms with van der Waals surface area (Å²) in [5.74, 6) is -1.13. The van der Waals surface area contributed by atoms with Gasteiger partial charge in [-0.05, 0) is 35.8 Å². The average molecular weight is 378 g/mol. The summed E-state index contributed by atoms with van der Waals surface area (Å²) >= 11 is 0. The maximum Gasteiger partial charge on any atom is 0.326 e. The van der Waals surface area contributed by atoms with Gasteiger partial charge in [-0.2, -0.15) is 0 Å². The number of carboxylic acid groups (broad SMARTS) is 1. The Morgan fingerprint density at radius 1 is 1.15 bits per heavy atom. The first-order valence-corrected chi connectivity index (χ1v) is 8.99. The summed E-state index contributed by atoms with van der Waals surface area (Å²) in [6, 6.07) is 5.95. The van der Waals surface area contributed by atoms with Gasteiger partial charge in [0.1, 0.15) is 6.04 Å². The van der Waals surface area contributed by atoms with Crippen molar-refractivity contribution in [1.29, 1.82) is 0 Å². The molecule has 0 saturated heterocycles. The largest absolute Gasteiger partial charge is 0.480 e. The monoisotopic (exact) mass is 378 g/mol. The van der Waals surface area contributed by atoms with Gasteiger partial charge in [0.05, 0.1) is 0 Å². The molecule has 0 bridgehead atoms. The van der Waals surface area contributed by atoms with Gasteiger partial charge in [-0.3, -0.25) is 0 Å². The second-order valence-electron chi connectivity index (χ2n) is 7.46. The van der Waals surface area contributed by atoms with Crippen LogP contribution in [0.25, 0.3) is 0 Å². The molecule has 8 nitrogen and oxygen atoms in total. The summed E-state index contributed by atoms with van der Waals surface area (Å²) < 4.78 is 0. The summed E-state index contributed by atoms with van der Waals surface area (Å²) in [6.07, 6.45) is 1.38. The van der Waals surface area contributed by atoms with E-state index in [4.69, 9.17) is 10.8 Å². The van der Waals surface area contributed by atoms with E-state index in [1.165, 1.54) is 5.56 Å². The van der Waals surface area contributed by atoms with E-state index in [9.17, 15) is 14.4 Å². The number of aliphatic carboxylic acids is 1. The molecule has 1 aromatic carbocycles. The summed E-state index contributed by atoms with van der Waals surface area (Å²) in [6.45, 7) is 7.26. The van der Waals surface area contributed by atoms with Crippen molar-refractivity contribution in [1.82, 2.24) is 16.0 Å². The third-order valence-electron chi connectivity index (χ3n) is 4.07. The number of carbonyl (C=O) groups excluding carboxylic acids is 2. The SMILES string of the molecule is CC(C)(C)c1cccc(CNC(=O)NCCCC[C@H](NC(N)=O)C(=O)O)c1. The number of nitrogens with one attached hydrogen (secondary N) is 3. The van der Waals surface area contributed by atoms with Crippen molar-refractivity contribution in [2.75, 3.05) is 6.54 Å². The van der Waals surface area contributed by atoms with E-state index in [0.717, 1.165) is 5.56 Å². The second-order valence-corrected chi connectivity index (χ2v) is 7.46. The first-order chi connectivity index (χ1) is 12.6. The molecule has 1 aromatic rings. The van der Waals surface area contributed by atoms with Crippen LogP contribution in [0.2, 0.25) is 0 Å². The molecule has 0 saturated carbocycles. The highest BCUT2D eigenvalue weighted by molar-refractivity contribution is 5.81. The molecule has 0 aliphatic heterocycles. The Hall–Kier alpha value is -2.77. The van der Waals surface area contributed by atoms with E-state index < -0.39 is 18.0 Å². The lowest BCUT2D eigenvalue weighted by Gasteiger charge is -2.19. The minimum Gasteiger partial charge on any atom is -0.480 e. The molecule has 0 fully saturated rings. The van der Waals surface area contributed by atoms with Crippen LogP contribution in [0, 0.1) is 0 Å². The quantitative estimate of drug-likeness (QED) is 0.421. The fourth-order valence-electron chi connectivity index (χ4n) is 2.50. The molecule has 4 amide bonds. The zero-order chi connectivity index (χ0) is 20.4. The van der Waals surface area contributed by atoms with Gasteiger partial charge in [0, 0.05) is 13.1 Å². The number of rotatable bonds is 9. The average Bonchev–Trinajstić information content (AvgIpc) is 2.57. The van der Waals surface area contributed by atoms with Gasteiger partial charge >= 0.3 is 18.0 Å². The summed E-state index contributed by atoms with van der Waals surface area (Å²) in [4.78, 5) is 33.6. The van der Waals surface area contributed by atoms with Crippen LogP contribution in [-0.4, -0.2) is 35.7 Å². The zero-order valence-electron chi connectivity index (χ0n) is 16.2. The number of urea groups is 2. The van der Waals surface area contributed by atoms with Crippen LogP contribution in [0.15, 0.2) is 24.3 Å². The summed E-state index contributed by atoms with van der Waals surface area (Å²) in [5, 5.41) is 16.7. The highest BCUT2D eigenvalue weighted by Crippen LogP contribution is 2.22. The Balaban J connectivity index is 2.28. The van der Waals surface area contributed by atoms with Crippen molar-refractivity contribution in [3.05, 3.63) is 35.4 Å². The van der Waals surface area contributed by atoms with Crippen molar-refractivity contribution in [2.45, 2.75) is 58.0 Å². The molecule has 8 heteroatoms. The van der Waals surface area contributed by atoms with Crippen LogP contribution in [0.4, 0.5) is 9.59 Å². The Morgan fingerprint density at radius 2 is 1.85 bits per heavy atom. The Bertz CT molecular complexity index is 655. The molecule has 0 aliphatic rings. The van der Waals surface area contributed by atoms with Crippen molar-refractivity contribution in [2.24, 2.45) is 5.73 Å². The molecule has 0 radical (unpaired) electrons. The first-order valence-electron chi connectivity index (χ1n) is 8.99. The lowest BCUT2D eigenvalue weighted by Crippen LogP contribution is -2.43. The molecule has 0 aromatic heterocycles. The van der Waals surface area contributed by atoms with Gasteiger partial charge in [-0.1, -0.05) is 45.0 Å². The molecule has 6 N–H and O–H groups in total. The van der Waals surface area contributed by atoms with Crippen LogP contribution in [0.1, 0.15) is 51.2 Å². The molecule has 1 rings (SSSR count). The van der Waals surface area contributed by atoms with E-state index in [0.29, 0.717) is 25.9 Å². The highest BCUT2D eigenvalue weighted by atomic mass is 16.4. The van der Waals surface area contributed by atoms with Crippen molar-refractivity contribution in [3.63, 3.8) is 0 Å². The first kappa shape index (κ1) is 22.3. The van der Waals surface area contributed by atoms with E-state index in [1.54, 1.807) is 0 Å². The molecule has 0 aliphatic carbocycles. The molecule has 150 valence electrons. The van der Waals surface area contributed by atoms with Gasteiger partial charge in [0.15, 0.2) is 0 Å². The number of hydrogen-bond acceptors (Lipinski definition) is 3. The van der Waals surface area contributed by atoms with Crippen LogP contribution in [-0.2, 0) is 16.8 Å². The van der Waals surface area contributed by atoms with Crippen molar-refractivity contribution < 1.29 is 19.5 Å². The number of unbranched alkanes of at least 4 members (excludes halogenated alkanes) is 1. The standard InChI is InChI=1S/C19H30N4O4/c1-19(2,3)14-8-6-7-13(11-14)12-22-18(27)21-10-5-4-9-15(16(24)25)23-17(20)26/h6-8,11,15H,4-5,9-10,12H2,1-3H3,(H,24,25)(H3,20,23,26)(H2,21,22,27)/t15-/m0/s1. The smallest absolute Gasteiger partial charge is 0.326 e. The molecule has 27 heavy (non-hydrogen) atoms. The predicted molar refractivity (Wildman–Crippen MR) is 103 cm³/mol. The van der Waals surface area contributed by atoms with Gasteiger partial charge in [-0.15, -0.1) is 0 Å². The predicted octanol–water partition coefficient (Wildman–Crippen LogP) is 2.08. The molecular formula is C19H30N4O4.